The summed E-state index contributed by atoms with van der Waals surface area (Å²) in [7, 11) is 0. The number of piperazine rings is 1. The van der Waals surface area contributed by atoms with Gasteiger partial charge >= 0.3 is 5.97 Å². The summed E-state index contributed by atoms with van der Waals surface area (Å²) in [5, 5.41) is 29.1. The van der Waals surface area contributed by atoms with E-state index in [2.05, 4.69) is 21.9 Å². The number of carboxylic acids is 1. The largest absolute Gasteiger partial charge is 0.507 e. The van der Waals surface area contributed by atoms with Crippen LogP contribution in [0.1, 0.15) is 22.0 Å². The molecule has 0 bridgehead atoms. The first-order valence-corrected chi connectivity index (χ1v) is 8.31. The number of hydrogen-bond donors (Lipinski definition) is 3. The van der Waals surface area contributed by atoms with Crippen molar-refractivity contribution < 1.29 is 20.1 Å². The van der Waals surface area contributed by atoms with E-state index in [1.165, 1.54) is 17.8 Å². The highest BCUT2D eigenvalue weighted by atomic mass is 35.5. The number of carboxylic acid groups (broad SMARTS) is 1. The highest BCUT2D eigenvalue weighted by Crippen LogP contribution is 2.24. The number of anilines is 1. The molecule has 1 heterocycles. The van der Waals surface area contributed by atoms with Gasteiger partial charge in [0, 0.05) is 38.4 Å². The lowest BCUT2D eigenvalue weighted by Gasteiger charge is -2.37. The number of carbonyl (C=O) groups is 1. The van der Waals surface area contributed by atoms with Crippen LogP contribution in [0.2, 0.25) is 0 Å². The Morgan fingerprint density at radius 1 is 1.04 bits per heavy atom. The molecule has 7 heteroatoms. The molecule has 2 aromatic rings. The molecule has 3 rings (SSSR count). The first-order valence-electron chi connectivity index (χ1n) is 8.31. The van der Waals surface area contributed by atoms with E-state index in [1.54, 1.807) is 6.07 Å². The predicted molar refractivity (Wildman–Crippen MR) is 102 cm³/mol. The third-order valence-electron chi connectivity index (χ3n) is 4.56. The molecule has 0 aliphatic carbocycles. The van der Waals surface area contributed by atoms with Crippen molar-refractivity contribution in [3.05, 3.63) is 59.7 Å². The van der Waals surface area contributed by atoms with Gasteiger partial charge in [-0.3, -0.25) is 4.90 Å². The minimum Gasteiger partial charge on any atom is -0.507 e. The molecule has 1 atom stereocenters. The number of halogens is 1. The molecule has 0 spiro atoms. The van der Waals surface area contributed by atoms with E-state index in [0.717, 1.165) is 26.2 Å². The Morgan fingerprint density at radius 2 is 1.69 bits per heavy atom. The predicted octanol–water partition coefficient (Wildman–Crippen LogP) is 2.37. The fourth-order valence-electron chi connectivity index (χ4n) is 3.11. The number of β-amino-alcohol motifs (C(OH)–C–C–N with tert-alkyl or cyclic N) is 1. The third-order valence-corrected chi connectivity index (χ3v) is 4.56. The molecule has 26 heavy (non-hydrogen) atoms. The van der Waals surface area contributed by atoms with E-state index in [-0.39, 0.29) is 23.7 Å². The summed E-state index contributed by atoms with van der Waals surface area (Å²) in [6.07, 6.45) is -0.790. The van der Waals surface area contributed by atoms with Gasteiger partial charge in [0.05, 0.1) is 6.10 Å². The van der Waals surface area contributed by atoms with Crippen LogP contribution >= 0.6 is 12.4 Å². The summed E-state index contributed by atoms with van der Waals surface area (Å²) in [5.74, 6) is -1.50. The highest BCUT2D eigenvalue weighted by molar-refractivity contribution is 5.90. The Hall–Kier alpha value is -2.28. The molecule has 140 valence electrons. The topological polar surface area (TPSA) is 84.2 Å². The van der Waals surface area contributed by atoms with Crippen molar-refractivity contribution in [2.24, 2.45) is 0 Å². The zero-order chi connectivity index (χ0) is 17.8. The van der Waals surface area contributed by atoms with Crippen LogP contribution in [-0.2, 0) is 0 Å². The lowest BCUT2D eigenvalue weighted by atomic mass is 10.0. The number of rotatable bonds is 5. The lowest BCUT2D eigenvalue weighted by molar-refractivity contribution is 0.0693. The molecule has 1 fully saturated rings. The molecule has 1 aliphatic heterocycles. The van der Waals surface area contributed by atoms with Crippen LogP contribution in [0.4, 0.5) is 5.69 Å². The molecule has 0 radical (unpaired) electrons. The summed E-state index contributed by atoms with van der Waals surface area (Å²) in [5.41, 5.74) is 1.51. The second-order valence-corrected chi connectivity index (χ2v) is 6.22. The zero-order valence-electron chi connectivity index (χ0n) is 14.3. The van der Waals surface area contributed by atoms with Gasteiger partial charge in [0.15, 0.2) is 0 Å². The van der Waals surface area contributed by atoms with Crippen LogP contribution in [0.25, 0.3) is 0 Å². The van der Waals surface area contributed by atoms with Gasteiger partial charge in [0.25, 0.3) is 0 Å². The monoisotopic (exact) mass is 378 g/mol. The minimum atomic E-state index is -1.21. The molecule has 0 saturated carbocycles. The Morgan fingerprint density at radius 3 is 2.31 bits per heavy atom. The van der Waals surface area contributed by atoms with Crippen LogP contribution in [0.3, 0.4) is 0 Å². The van der Waals surface area contributed by atoms with E-state index in [9.17, 15) is 15.0 Å². The molecule has 6 nitrogen and oxygen atoms in total. The molecule has 1 saturated heterocycles. The Kier molecular flexibility index (Phi) is 6.85. The van der Waals surface area contributed by atoms with Crippen LogP contribution in [0.5, 0.6) is 5.75 Å². The summed E-state index contributed by atoms with van der Waals surface area (Å²) in [6, 6.07) is 14.4. The van der Waals surface area contributed by atoms with E-state index < -0.39 is 12.1 Å². The molecule has 3 N–H and O–H groups in total. The maximum atomic E-state index is 11.1. The van der Waals surface area contributed by atoms with Crippen molar-refractivity contribution in [2.75, 3.05) is 37.6 Å². The fraction of sp³-hybridized carbons (Fsp3) is 0.316. The van der Waals surface area contributed by atoms with Crippen LogP contribution < -0.4 is 4.90 Å². The maximum absolute atomic E-state index is 11.1. The maximum Gasteiger partial charge on any atom is 0.339 e. The summed E-state index contributed by atoms with van der Waals surface area (Å²) < 4.78 is 0. The van der Waals surface area contributed by atoms with Gasteiger partial charge in [-0.05, 0) is 29.8 Å². The van der Waals surface area contributed by atoms with Gasteiger partial charge in [0.1, 0.15) is 11.3 Å². The standard InChI is InChI=1S/C19H22N2O4.ClH/c22-17-7-6-14(12-16(17)19(24)25)18(23)13-20-8-10-21(11-9-20)15-4-2-1-3-5-15;/h1-7,12,18,22-23H,8-11,13H2,(H,24,25);1H. The third kappa shape index (κ3) is 4.66. The number of hydrogen-bond acceptors (Lipinski definition) is 5. The molecule has 1 unspecified atom stereocenters. The van der Waals surface area contributed by atoms with Crippen molar-refractivity contribution in [1.82, 2.24) is 4.90 Å². The second kappa shape index (κ2) is 8.89. The van der Waals surface area contributed by atoms with Gasteiger partial charge in [-0.25, -0.2) is 4.79 Å². The summed E-state index contributed by atoms with van der Waals surface area (Å²) >= 11 is 0. The van der Waals surface area contributed by atoms with Crippen LogP contribution in [0, 0.1) is 0 Å². The SMILES string of the molecule is Cl.O=C(O)c1cc(C(O)CN2CCN(c3ccccc3)CC2)ccc1O. The summed E-state index contributed by atoms with van der Waals surface area (Å²) in [4.78, 5) is 15.6. The van der Waals surface area contributed by atoms with Crippen LogP contribution in [0.15, 0.2) is 48.5 Å². The lowest BCUT2D eigenvalue weighted by Crippen LogP contribution is -2.47. The van der Waals surface area contributed by atoms with Crippen molar-refractivity contribution in [3.63, 3.8) is 0 Å². The number of phenols is 1. The van der Waals surface area contributed by atoms with Crippen molar-refractivity contribution in [2.45, 2.75) is 6.10 Å². The number of benzene rings is 2. The number of nitrogens with zero attached hydrogens (tertiary/aromatic N) is 2. The van der Waals surface area contributed by atoms with Crippen molar-refractivity contribution in [1.29, 1.82) is 0 Å². The molecule has 2 aromatic carbocycles. The molecule has 0 amide bonds. The van der Waals surface area contributed by atoms with E-state index in [4.69, 9.17) is 5.11 Å². The molecular weight excluding hydrogens is 356 g/mol. The zero-order valence-corrected chi connectivity index (χ0v) is 15.1. The molecular formula is C19H23ClN2O4. The number of aromatic hydroxyl groups is 1. The average Bonchev–Trinajstić information content (AvgIpc) is 2.63. The molecule has 0 aromatic heterocycles. The van der Waals surface area contributed by atoms with E-state index in [0.29, 0.717) is 12.1 Å². The van der Waals surface area contributed by atoms with Gasteiger partial charge in [0.2, 0.25) is 0 Å². The Balaban J connectivity index is 0.00000243. The minimum absolute atomic E-state index is 0. The number of para-hydroxylation sites is 1. The fourth-order valence-corrected chi connectivity index (χ4v) is 3.11. The van der Waals surface area contributed by atoms with Crippen molar-refractivity contribution >= 4 is 24.1 Å². The van der Waals surface area contributed by atoms with Gasteiger partial charge in [-0.15, -0.1) is 12.4 Å². The second-order valence-electron chi connectivity index (χ2n) is 6.22. The summed E-state index contributed by atoms with van der Waals surface area (Å²) in [6.45, 7) is 3.86. The molecule has 1 aliphatic rings. The van der Waals surface area contributed by atoms with E-state index >= 15 is 0 Å². The Bertz CT molecular complexity index is 734. The van der Waals surface area contributed by atoms with Gasteiger partial charge < -0.3 is 20.2 Å². The highest BCUT2D eigenvalue weighted by Gasteiger charge is 2.21. The van der Waals surface area contributed by atoms with Gasteiger partial charge in [-0.1, -0.05) is 24.3 Å². The first-order chi connectivity index (χ1) is 12.0. The normalized spacial score (nSPS) is 16.0. The number of aliphatic hydroxyl groups excluding tert-OH is 1. The number of aliphatic hydroxyl groups is 1. The first kappa shape index (κ1) is 20.0. The average molecular weight is 379 g/mol. The van der Waals surface area contributed by atoms with Gasteiger partial charge in [-0.2, -0.15) is 0 Å². The van der Waals surface area contributed by atoms with Crippen LogP contribution in [-0.4, -0.2) is 58.9 Å². The Labute approximate surface area is 158 Å². The van der Waals surface area contributed by atoms with E-state index in [1.807, 2.05) is 18.2 Å². The smallest absolute Gasteiger partial charge is 0.339 e. The van der Waals surface area contributed by atoms with Crippen molar-refractivity contribution in [3.8, 4) is 5.75 Å². The number of aromatic carboxylic acids is 1. The quantitative estimate of drug-likeness (QED) is 0.740.